The predicted octanol–water partition coefficient (Wildman–Crippen LogP) is 4.81. The maximum Gasteiger partial charge on any atom is 0.261 e. The second-order valence-electron chi connectivity index (χ2n) is 7.26. The number of pyridine rings is 1. The molecule has 4 aromatic rings. The van der Waals surface area contributed by atoms with E-state index in [0.717, 1.165) is 12.1 Å². The SMILES string of the molecule is O=C(Nc1cccc(C#Cc2ccccn2)c1)c1ccc(NS(=O)(=O)c2ccc(F)c(F)c2)cc1. The van der Waals surface area contributed by atoms with Crippen molar-refractivity contribution in [3.8, 4) is 11.8 Å². The number of carbonyl (C=O) groups is 1. The van der Waals surface area contributed by atoms with E-state index in [1.807, 2.05) is 6.07 Å². The van der Waals surface area contributed by atoms with Crippen molar-refractivity contribution in [2.75, 3.05) is 10.0 Å². The Kier molecular flexibility index (Phi) is 6.85. The van der Waals surface area contributed by atoms with Crippen molar-refractivity contribution in [2.45, 2.75) is 4.90 Å². The van der Waals surface area contributed by atoms with Gasteiger partial charge in [0.1, 0.15) is 5.69 Å². The van der Waals surface area contributed by atoms with Gasteiger partial charge in [-0.2, -0.15) is 0 Å². The topological polar surface area (TPSA) is 88.2 Å². The van der Waals surface area contributed by atoms with Crippen LogP contribution in [0.4, 0.5) is 20.2 Å². The van der Waals surface area contributed by atoms with E-state index in [4.69, 9.17) is 0 Å². The van der Waals surface area contributed by atoms with Crippen molar-refractivity contribution in [3.63, 3.8) is 0 Å². The van der Waals surface area contributed by atoms with Gasteiger partial charge in [-0.1, -0.05) is 18.1 Å². The Morgan fingerprint density at radius 1 is 0.800 bits per heavy atom. The zero-order valence-electron chi connectivity index (χ0n) is 18.0. The summed E-state index contributed by atoms with van der Waals surface area (Å²) in [7, 11) is -4.14. The maximum atomic E-state index is 13.4. The van der Waals surface area contributed by atoms with Gasteiger partial charge in [0, 0.05) is 28.7 Å². The average Bonchev–Trinajstić information content (AvgIpc) is 2.85. The average molecular weight is 490 g/mol. The van der Waals surface area contributed by atoms with Crippen molar-refractivity contribution in [1.29, 1.82) is 0 Å². The van der Waals surface area contributed by atoms with E-state index in [2.05, 4.69) is 26.9 Å². The number of carbonyl (C=O) groups excluding carboxylic acids is 1. The van der Waals surface area contributed by atoms with Crippen molar-refractivity contribution >= 4 is 27.3 Å². The number of rotatable bonds is 5. The van der Waals surface area contributed by atoms with Crippen LogP contribution in [0.15, 0.2) is 96.0 Å². The maximum absolute atomic E-state index is 13.4. The number of anilines is 2. The Morgan fingerprint density at radius 2 is 1.60 bits per heavy atom. The predicted molar refractivity (Wildman–Crippen MR) is 128 cm³/mol. The van der Waals surface area contributed by atoms with Gasteiger partial charge in [-0.3, -0.25) is 9.52 Å². The molecule has 35 heavy (non-hydrogen) atoms. The first-order chi connectivity index (χ1) is 16.8. The molecule has 6 nitrogen and oxygen atoms in total. The highest BCUT2D eigenvalue weighted by Crippen LogP contribution is 2.19. The summed E-state index contributed by atoms with van der Waals surface area (Å²) >= 11 is 0. The fourth-order valence-electron chi connectivity index (χ4n) is 3.00. The molecule has 0 fully saturated rings. The highest BCUT2D eigenvalue weighted by atomic mass is 32.2. The number of hydrogen-bond donors (Lipinski definition) is 2. The van der Waals surface area contributed by atoms with E-state index in [0.29, 0.717) is 23.0 Å². The quantitative estimate of drug-likeness (QED) is 0.394. The monoisotopic (exact) mass is 489 g/mol. The Morgan fingerprint density at radius 3 is 2.31 bits per heavy atom. The second-order valence-corrected chi connectivity index (χ2v) is 8.94. The third kappa shape index (κ3) is 6.07. The third-order valence-electron chi connectivity index (χ3n) is 4.72. The molecule has 0 aliphatic carbocycles. The Bertz CT molecular complexity index is 1550. The molecule has 0 bridgehead atoms. The second kappa shape index (κ2) is 10.2. The number of hydrogen-bond acceptors (Lipinski definition) is 4. The first kappa shape index (κ1) is 23.6. The molecule has 3 aromatic carbocycles. The Balaban J connectivity index is 1.43. The summed E-state index contributed by atoms with van der Waals surface area (Å²) in [5.41, 5.74) is 2.28. The molecule has 0 radical (unpaired) electrons. The van der Waals surface area contributed by atoms with E-state index in [-0.39, 0.29) is 11.3 Å². The van der Waals surface area contributed by atoms with E-state index in [9.17, 15) is 22.0 Å². The minimum absolute atomic E-state index is 0.151. The molecule has 0 aliphatic heterocycles. The van der Waals surface area contributed by atoms with Crippen molar-refractivity contribution in [3.05, 3.63) is 120 Å². The van der Waals surface area contributed by atoms with Crippen LogP contribution in [0.25, 0.3) is 0 Å². The molecule has 0 saturated heterocycles. The first-order valence-corrected chi connectivity index (χ1v) is 11.7. The van der Waals surface area contributed by atoms with E-state index >= 15 is 0 Å². The number of sulfonamides is 1. The van der Waals surface area contributed by atoms with Crippen LogP contribution < -0.4 is 10.0 Å². The van der Waals surface area contributed by atoms with Crippen molar-refractivity contribution < 1.29 is 22.0 Å². The van der Waals surface area contributed by atoms with E-state index in [1.54, 1.807) is 42.6 Å². The van der Waals surface area contributed by atoms with Crippen LogP contribution in [0.1, 0.15) is 21.6 Å². The van der Waals surface area contributed by atoms with Crippen LogP contribution >= 0.6 is 0 Å². The smallest absolute Gasteiger partial charge is 0.261 e. The van der Waals surface area contributed by atoms with Crippen LogP contribution in [-0.2, 0) is 10.0 Å². The lowest BCUT2D eigenvalue weighted by Crippen LogP contribution is -2.14. The molecule has 1 aromatic heterocycles. The van der Waals surface area contributed by atoms with Gasteiger partial charge in [-0.15, -0.1) is 0 Å². The highest BCUT2D eigenvalue weighted by molar-refractivity contribution is 7.92. The standard InChI is InChI=1S/C26H17F2N3O3S/c27-24-14-13-23(17-25(24)28)35(33,34)31-21-11-8-19(9-12-21)26(32)30-22-6-3-4-18(16-22)7-10-20-5-1-2-15-29-20/h1-6,8-9,11-17,31H,(H,30,32). The Hall–Kier alpha value is -4.55. The van der Waals surface area contributed by atoms with Crippen LogP contribution in [0.3, 0.4) is 0 Å². The summed E-state index contributed by atoms with van der Waals surface area (Å²) in [6.07, 6.45) is 1.65. The normalized spacial score (nSPS) is 10.7. The van der Waals surface area contributed by atoms with Gasteiger partial charge in [0.25, 0.3) is 15.9 Å². The molecule has 4 rings (SSSR count). The van der Waals surface area contributed by atoms with Gasteiger partial charge in [0.15, 0.2) is 11.6 Å². The number of halogens is 2. The largest absolute Gasteiger partial charge is 0.322 e. The van der Waals surface area contributed by atoms with Gasteiger partial charge in [-0.25, -0.2) is 22.2 Å². The molecule has 1 heterocycles. The fraction of sp³-hybridized carbons (Fsp3) is 0. The van der Waals surface area contributed by atoms with Crippen LogP contribution in [0.2, 0.25) is 0 Å². The molecular formula is C26H17F2N3O3S. The van der Waals surface area contributed by atoms with Gasteiger partial charge in [-0.05, 0) is 78.7 Å². The van der Waals surface area contributed by atoms with Crippen LogP contribution in [-0.4, -0.2) is 19.3 Å². The summed E-state index contributed by atoms with van der Waals surface area (Å²) in [6.45, 7) is 0. The van der Waals surface area contributed by atoms with Gasteiger partial charge in [0.2, 0.25) is 0 Å². The van der Waals surface area contributed by atoms with Gasteiger partial charge >= 0.3 is 0 Å². The molecule has 0 spiro atoms. The van der Waals surface area contributed by atoms with Crippen LogP contribution in [0.5, 0.6) is 0 Å². The molecule has 0 saturated carbocycles. The zero-order chi connectivity index (χ0) is 24.8. The molecule has 2 N–H and O–H groups in total. The van der Waals surface area contributed by atoms with Crippen molar-refractivity contribution in [2.24, 2.45) is 0 Å². The zero-order valence-corrected chi connectivity index (χ0v) is 18.8. The number of benzene rings is 3. The molecular weight excluding hydrogens is 472 g/mol. The number of amides is 1. The summed E-state index contributed by atoms with van der Waals surface area (Å²) < 4.78 is 53.6. The van der Waals surface area contributed by atoms with E-state index in [1.165, 1.54) is 24.3 Å². The Labute approximate surface area is 200 Å². The molecule has 0 unspecified atom stereocenters. The first-order valence-electron chi connectivity index (χ1n) is 10.2. The number of nitrogens with zero attached hydrogens (tertiary/aromatic N) is 1. The lowest BCUT2D eigenvalue weighted by Gasteiger charge is -2.10. The minimum Gasteiger partial charge on any atom is -0.322 e. The molecule has 1 amide bonds. The fourth-order valence-corrected chi connectivity index (χ4v) is 4.07. The summed E-state index contributed by atoms with van der Waals surface area (Å²) in [5, 5.41) is 2.76. The summed E-state index contributed by atoms with van der Waals surface area (Å²) in [4.78, 5) is 16.3. The minimum atomic E-state index is -4.14. The van der Waals surface area contributed by atoms with Crippen molar-refractivity contribution in [1.82, 2.24) is 4.98 Å². The number of aromatic nitrogens is 1. The lowest BCUT2D eigenvalue weighted by atomic mass is 10.1. The molecule has 0 atom stereocenters. The van der Waals surface area contributed by atoms with E-state index < -0.39 is 32.5 Å². The highest BCUT2D eigenvalue weighted by Gasteiger charge is 2.17. The van der Waals surface area contributed by atoms with Gasteiger partial charge < -0.3 is 5.32 Å². The van der Waals surface area contributed by atoms with Gasteiger partial charge in [0.05, 0.1) is 4.90 Å². The molecule has 9 heteroatoms. The lowest BCUT2D eigenvalue weighted by molar-refractivity contribution is 0.102. The number of nitrogens with one attached hydrogen (secondary N) is 2. The molecule has 0 aliphatic rings. The van der Waals surface area contributed by atoms with Crippen LogP contribution in [0, 0.1) is 23.5 Å². The summed E-state index contributed by atoms with van der Waals surface area (Å²) in [5.74, 6) is 3.11. The third-order valence-corrected chi connectivity index (χ3v) is 6.10. The molecule has 174 valence electrons. The summed E-state index contributed by atoms with van der Waals surface area (Å²) in [6, 6.07) is 20.4.